The largest absolute Gasteiger partial charge is 1.00 e. The zero-order valence-electron chi connectivity index (χ0n) is 9.65. The number of rotatable bonds is 5. The van der Waals surface area contributed by atoms with E-state index in [4.69, 9.17) is 10.2 Å². The molecule has 0 unspecified atom stereocenters. The molecule has 0 aromatic rings. The van der Waals surface area contributed by atoms with Crippen LogP contribution in [0.15, 0.2) is 0 Å². The molecular formula is C8H15NaO5. The maximum Gasteiger partial charge on any atom is 1.00 e. The average Bonchev–Trinajstić information content (AvgIpc) is 2.05. The van der Waals surface area contributed by atoms with Crippen molar-refractivity contribution in [1.82, 2.24) is 0 Å². The van der Waals surface area contributed by atoms with Gasteiger partial charge in [0.2, 0.25) is 0 Å². The number of aliphatic hydroxyl groups is 1. The third-order valence-electron chi connectivity index (χ3n) is 2.23. The van der Waals surface area contributed by atoms with E-state index in [1.54, 1.807) is 13.8 Å². The number of hydrogen-bond donors (Lipinski definition) is 3. The fourth-order valence-electron chi connectivity index (χ4n) is 1.32. The third kappa shape index (κ3) is 2.95. The first-order chi connectivity index (χ1) is 5.91. The van der Waals surface area contributed by atoms with Gasteiger partial charge in [-0.1, -0.05) is 13.8 Å². The van der Waals surface area contributed by atoms with E-state index in [-0.39, 0.29) is 31.0 Å². The molecule has 0 saturated carbocycles. The molecule has 78 valence electrons. The van der Waals surface area contributed by atoms with Crippen molar-refractivity contribution in [3.8, 4) is 0 Å². The van der Waals surface area contributed by atoms with E-state index in [9.17, 15) is 14.7 Å². The Labute approximate surface area is 106 Å². The predicted octanol–water partition coefficient (Wildman–Crippen LogP) is -2.56. The van der Waals surface area contributed by atoms with Gasteiger partial charge in [0, 0.05) is 5.92 Å². The first kappa shape index (κ1) is 16.3. The van der Waals surface area contributed by atoms with Gasteiger partial charge in [0.05, 0.1) is 0 Å². The molecule has 0 heterocycles. The summed E-state index contributed by atoms with van der Waals surface area (Å²) in [6.45, 7) is 3.29. The van der Waals surface area contributed by atoms with Crippen molar-refractivity contribution in [2.45, 2.75) is 32.3 Å². The molecule has 5 nitrogen and oxygen atoms in total. The van der Waals surface area contributed by atoms with E-state index in [1.807, 2.05) is 0 Å². The summed E-state index contributed by atoms with van der Waals surface area (Å²) in [6.07, 6.45) is 0.622. The minimum atomic E-state index is -2.65. The van der Waals surface area contributed by atoms with Gasteiger partial charge in [0.1, 0.15) is 0 Å². The summed E-state index contributed by atoms with van der Waals surface area (Å²) in [4.78, 5) is 21.2. The van der Waals surface area contributed by atoms with Gasteiger partial charge in [-0.25, -0.2) is 9.59 Å². The molecule has 0 aromatic carbocycles. The van der Waals surface area contributed by atoms with E-state index in [1.165, 1.54) is 0 Å². The average molecular weight is 214 g/mol. The minimum absolute atomic E-state index is 0. The molecule has 6 heteroatoms. The summed E-state index contributed by atoms with van der Waals surface area (Å²) in [5, 5.41) is 26.6. The smallest absolute Gasteiger partial charge is 1.00 e. The molecule has 0 rings (SSSR count). The molecule has 0 aliphatic rings. The van der Waals surface area contributed by atoms with Crippen LogP contribution in [0.25, 0.3) is 0 Å². The molecule has 14 heavy (non-hydrogen) atoms. The van der Waals surface area contributed by atoms with Gasteiger partial charge in [-0.3, -0.25) is 0 Å². The van der Waals surface area contributed by atoms with Crippen molar-refractivity contribution in [3.63, 3.8) is 0 Å². The van der Waals surface area contributed by atoms with Gasteiger partial charge in [-0.15, -0.1) is 0 Å². The van der Waals surface area contributed by atoms with E-state index in [0.29, 0.717) is 12.8 Å². The summed E-state index contributed by atoms with van der Waals surface area (Å²) in [7, 11) is 0. The molecular weight excluding hydrogens is 199 g/mol. The quantitative estimate of drug-likeness (QED) is 0.345. The van der Waals surface area contributed by atoms with Crippen LogP contribution >= 0.6 is 0 Å². The van der Waals surface area contributed by atoms with Gasteiger partial charge in [0.25, 0.3) is 5.60 Å². The zero-order valence-corrected chi connectivity index (χ0v) is 10.6. The van der Waals surface area contributed by atoms with Gasteiger partial charge in [0.15, 0.2) is 0 Å². The minimum Gasteiger partial charge on any atom is -1.00 e. The van der Waals surface area contributed by atoms with Gasteiger partial charge < -0.3 is 16.7 Å². The molecule has 0 amide bonds. The molecule has 0 atom stereocenters. The zero-order chi connectivity index (χ0) is 10.6. The van der Waals surface area contributed by atoms with Crippen molar-refractivity contribution >= 4 is 11.9 Å². The Balaban J connectivity index is -0.000000720. The Morgan fingerprint density at radius 2 is 1.50 bits per heavy atom. The number of carboxylic acids is 2. The van der Waals surface area contributed by atoms with E-state index < -0.39 is 23.5 Å². The van der Waals surface area contributed by atoms with E-state index >= 15 is 0 Å². The Bertz CT molecular complexity index is 203. The number of carboxylic acid groups (broad SMARTS) is 2. The van der Waals surface area contributed by atoms with Gasteiger partial charge in [-0.05, 0) is 12.8 Å². The molecule has 3 N–H and O–H groups in total. The van der Waals surface area contributed by atoms with E-state index in [2.05, 4.69) is 0 Å². The second-order valence-electron chi connectivity index (χ2n) is 2.89. The van der Waals surface area contributed by atoms with Gasteiger partial charge in [-0.2, -0.15) is 0 Å². The van der Waals surface area contributed by atoms with Gasteiger partial charge >= 0.3 is 41.5 Å². The van der Waals surface area contributed by atoms with Crippen molar-refractivity contribution in [3.05, 3.63) is 0 Å². The second-order valence-corrected chi connectivity index (χ2v) is 2.89. The van der Waals surface area contributed by atoms with Crippen LogP contribution < -0.4 is 29.6 Å². The van der Waals surface area contributed by atoms with Crippen LogP contribution in [0, 0.1) is 5.92 Å². The maximum atomic E-state index is 10.6. The van der Waals surface area contributed by atoms with Crippen LogP contribution in [-0.4, -0.2) is 32.9 Å². The Hall–Kier alpha value is -0.100. The first-order valence-corrected chi connectivity index (χ1v) is 4.10. The monoisotopic (exact) mass is 214 g/mol. The second kappa shape index (κ2) is 6.40. The molecule has 0 aliphatic carbocycles. The van der Waals surface area contributed by atoms with Crippen LogP contribution in [-0.2, 0) is 9.59 Å². The third-order valence-corrected chi connectivity index (χ3v) is 2.23. The van der Waals surface area contributed by atoms with Crippen LogP contribution in [0.3, 0.4) is 0 Å². The van der Waals surface area contributed by atoms with Crippen LogP contribution in [0.4, 0.5) is 0 Å². The van der Waals surface area contributed by atoms with E-state index in [0.717, 1.165) is 0 Å². The predicted molar refractivity (Wildman–Crippen MR) is 45.4 cm³/mol. The summed E-state index contributed by atoms with van der Waals surface area (Å²) >= 11 is 0. The van der Waals surface area contributed by atoms with Crippen molar-refractivity contribution in [2.75, 3.05) is 0 Å². The molecule has 0 bridgehead atoms. The molecule has 0 aliphatic heterocycles. The fourth-order valence-corrected chi connectivity index (χ4v) is 1.32. The van der Waals surface area contributed by atoms with Crippen molar-refractivity contribution < 1.29 is 55.9 Å². The van der Waals surface area contributed by atoms with Crippen LogP contribution in [0.2, 0.25) is 0 Å². The summed E-state index contributed by atoms with van der Waals surface area (Å²) in [5.74, 6) is -4.16. The number of carbonyl (C=O) groups is 2. The molecule has 0 radical (unpaired) electrons. The first-order valence-electron chi connectivity index (χ1n) is 4.10. The number of aliphatic carboxylic acids is 2. The normalized spacial score (nSPS) is 10.9. The molecule has 0 spiro atoms. The maximum absolute atomic E-state index is 10.6. The molecule has 0 fully saturated rings. The standard InChI is InChI=1S/C8H14O5.Na.H/c1-3-5(4-2)8(13,6(9)10)7(11)12;;/h5,13H,3-4H2,1-2H3,(H,9,10)(H,11,12);;/q;+1;-1. The Morgan fingerprint density at radius 1 is 1.21 bits per heavy atom. The SMILES string of the molecule is CCC(CC)C(O)(C(=O)O)C(=O)O.[H-].[Na+]. The Kier molecular flexibility index (Phi) is 7.46. The van der Waals surface area contributed by atoms with Crippen LogP contribution in [0.1, 0.15) is 28.1 Å². The fraction of sp³-hybridized carbons (Fsp3) is 0.750. The topological polar surface area (TPSA) is 94.8 Å². The van der Waals surface area contributed by atoms with Crippen molar-refractivity contribution in [1.29, 1.82) is 0 Å². The summed E-state index contributed by atoms with van der Waals surface area (Å²) in [5.41, 5.74) is -2.65. The Morgan fingerprint density at radius 3 is 1.57 bits per heavy atom. The summed E-state index contributed by atoms with van der Waals surface area (Å²) in [6, 6.07) is 0. The number of hydrogen-bond acceptors (Lipinski definition) is 3. The summed E-state index contributed by atoms with van der Waals surface area (Å²) < 4.78 is 0. The molecule has 0 aromatic heterocycles. The van der Waals surface area contributed by atoms with Crippen molar-refractivity contribution in [2.24, 2.45) is 5.92 Å². The molecule has 0 saturated heterocycles. The van der Waals surface area contributed by atoms with Crippen LogP contribution in [0.5, 0.6) is 0 Å².